The first kappa shape index (κ1) is 28.8. The summed E-state index contributed by atoms with van der Waals surface area (Å²) in [6, 6.07) is -4.14. The number of hydrogen-bond acceptors (Lipinski definition) is 9. The minimum absolute atomic E-state index is 0.0702. The van der Waals surface area contributed by atoms with Gasteiger partial charge in [0.15, 0.2) is 18.1 Å². The van der Waals surface area contributed by atoms with Gasteiger partial charge in [-0.1, -0.05) is 41.5 Å². The number of hydrogen-bond donors (Lipinski definition) is 3. The van der Waals surface area contributed by atoms with Crippen molar-refractivity contribution in [1.82, 2.24) is 16.0 Å². The highest BCUT2D eigenvalue weighted by Gasteiger charge is 2.45. The summed E-state index contributed by atoms with van der Waals surface area (Å²) in [6.07, 6.45) is -1.62. The molecule has 0 aliphatic carbocycles. The van der Waals surface area contributed by atoms with Gasteiger partial charge in [0.2, 0.25) is 35.4 Å². The van der Waals surface area contributed by atoms with Crippen molar-refractivity contribution in [2.24, 2.45) is 32.7 Å². The van der Waals surface area contributed by atoms with Crippen molar-refractivity contribution in [2.75, 3.05) is 0 Å². The lowest BCUT2D eigenvalue weighted by Crippen LogP contribution is -2.49. The van der Waals surface area contributed by atoms with Gasteiger partial charge in [0, 0.05) is 0 Å². The number of carbonyl (C=O) groups excluding carboxylic acids is 3. The van der Waals surface area contributed by atoms with Crippen LogP contribution >= 0.6 is 0 Å². The van der Waals surface area contributed by atoms with E-state index < -0.39 is 54.6 Å². The summed E-state index contributed by atoms with van der Waals surface area (Å²) in [4.78, 5) is 54.0. The van der Waals surface area contributed by atoms with Gasteiger partial charge >= 0.3 is 0 Å². The molecule has 6 unspecified atom stereocenters. The third-order valence-corrected chi connectivity index (χ3v) is 7.55. The Morgan fingerprint density at radius 2 is 0.744 bits per heavy atom. The molecule has 12 heteroatoms. The van der Waals surface area contributed by atoms with Gasteiger partial charge in [-0.25, -0.2) is 15.0 Å². The number of nitrogens with zero attached hydrogens (tertiary/aromatic N) is 3. The number of ether oxygens (including phenoxy) is 3. The maximum atomic E-state index is 13.4. The Morgan fingerprint density at radius 1 is 0.513 bits per heavy atom. The first-order valence-corrected chi connectivity index (χ1v) is 13.9. The monoisotopic (exact) mass is 546 g/mol. The molecule has 0 saturated heterocycles. The van der Waals surface area contributed by atoms with E-state index in [2.05, 4.69) is 30.9 Å². The van der Waals surface area contributed by atoms with Crippen LogP contribution in [0.5, 0.6) is 0 Å². The Balaban J connectivity index is 1.76. The molecule has 3 amide bonds. The SMILES string of the molecule is CC1OC2=NC1C(=O)N[C@@H](C(C)C)C1=NC(C(=O)N[C@@H](C(C)C)C3=NC(C(=O)N[C@H]2C(C)C)C(C)O3)C(C)O1. The molecule has 0 aromatic heterocycles. The largest absolute Gasteiger partial charge is 0.474 e. The Labute approximate surface area is 229 Å². The van der Waals surface area contributed by atoms with Gasteiger partial charge in [-0.15, -0.1) is 0 Å². The number of fused-ring (bicyclic) bond motifs is 3. The zero-order chi connectivity index (χ0) is 28.8. The van der Waals surface area contributed by atoms with E-state index in [4.69, 9.17) is 14.2 Å². The minimum Gasteiger partial charge on any atom is -0.474 e. The molecule has 0 aromatic carbocycles. The molecular weight excluding hydrogens is 504 g/mol. The fourth-order valence-electron chi connectivity index (χ4n) is 5.11. The zero-order valence-electron chi connectivity index (χ0n) is 24.2. The average molecular weight is 547 g/mol. The predicted octanol–water partition coefficient (Wildman–Crippen LogP) is 0.980. The molecule has 0 saturated carbocycles. The second-order valence-electron chi connectivity index (χ2n) is 11.9. The Morgan fingerprint density at radius 3 is 0.949 bits per heavy atom. The fraction of sp³-hybridized carbons (Fsp3) is 0.778. The normalized spacial score (nSPS) is 37.1. The molecule has 0 aromatic rings. The van der Waals surface area contributed by atoms with Crippen LogP contribution in [0.2, 0.25) is 0 Å². The lowest BCUT2D eigenvalue weighted by molar-refractivity contribution is -0.125. The van der Waals surface area contributed by atoms with Crippen LogP contribution in [0.15, 0.2) is 15.0 Å². The van der Waals surface area contributed by atoms with Gasteiger partial charge < -0.3 is 30.2 Å². The molecule has 39 heavy (non-hydrogen) atoms. The molecule has 3 N–H and O–H groups in total. The Bertz CT molecular complexity index is 952. The highest BCUT2D eigenvalue weighted by atomic mass is 16.5. The van der Waals surface area contributed by atoms with E-state index >= 15 is 0 Å². The third kappa shape index (κ3) is 5.74. The van der Waals surface area contributed by atoms with Crippen molar-refractivity contribution in [2.45, 2.75) is 117 Å². The molecule has 0 fully saturated rings. The number of rotatable bonds is 3. The van der Waals surface area contributed by atoms with Gasteiger partial charge in [0.1, 0.15) is 36.4 Å². The molecule has 4 rings (SSSR count). The molecule has 9 atom stereocenters. The van der Waals surface area contributed by atoms with E-state index in [1.165, 1.54) is 0 Å². The third-order valence-electron chi connectivity index (χ3n) is 7.55. The first-order valence-electron chi connectivity index (χ1n) is 13.9. The maximum Gasteiger partial charge on any atom is 0.249 e. The second-order valence-corrected chi connectivity index (χ2v) is 11.9. The van der Waals surface area contributed by atoms with Crippen LogP contribution in [0.4, 0.5) is 0 Å². The lowest BCUT2D eigenvalue weighted by atomic mass is 10.0. The molecule has 4 aliphatic heterocycles. The maximum absolute atomic E-state index is 13.4. The second kappa shape index (κ2) is 11.1. The van der Waals surface area contributed by atoms with Crippen molar-refractivity contribution in [3.8, 4) is 0 Å². The Kier molecular flexibility index (Phi) is 8.22. The van der Waals surface area contributed by atoms with Crippen LogP contribution in [0.1, 0.15) is 62.3 Å². The van der Waals surface area contributed by atoms with Gasteiger partial charge in [0.25, 0.3) is 0 Å². The quantitative estimate of drug-likeness (QED) is 0.480. The zero-order valence-corrected chi connectivity index (χ0v) is 24.2. The summed E-state index contributed by atoms with van der Waals surface area (Å²) in [7, 11) is 0. The van der Waals surface area contributed by atoms with Crippen LogP contribution in [0.25, 0.3) is 0 Å². The van der Waals surface area contributed by atoms with Crippen LogP contribution in [-0.2, 0) is 28.6 Å². The van der Waals surface area contributed by atoms with E-state index in [9.17, 15) is 14.4 Å². The highest BCUT2D eigenvalue weighted by Crippen LogP contribution is 2.25. The smallest absolute Gasteiger partial charge is 0.249 e. The summed E-state index contributed by atoms with van der Waals surface area (Å²) in [6.45, 7) is 17.0. The minimum atomic E-state index is -0.818. The number of nitrogens with one attached hydrogen (secondary N) is 3. The molecular formula is C27H42N6O6. The topological polar surface area (TPSA) is 152 Å². The number of aliphatic imine (C=N–C) groups is 3. The molecule has 4 heterocycles. The molecule has 0 radical (unpaired) electrons. The molecule has 0 spiro atoms. The summed E-state index contributed by atoms with van der Waals surface area (Å²) in [5.41, 5.74) is 0. The average Bonchev–Trinajstić information content (AvgIpc) is 3.54. The summed E-state index contributed by atoms with van der Waals surface area (Å²) >= 11 is 0. The van der Waals surface area contributed by atoms with Gasteiger partial charge in [-0.3, -0.25) is 14.4 Å². The number of carbonyl (C=O) groups is 3. The van der Waals surface area contributed by atoms with Crippen molar-refractivity contribution < 1.29 is 28.6 Å². The van der Waals surface area contributed by atoms with Crippen molar-refractivity contribution >= 4 is 35.4 Å². The van der Waals surface area contributed by atoms with E-state index in [0.717, 1.165) is 0 Å². The molecule has 216 valence electrons. The summed E-state index contributed by atoms with van der Waals surface area (Å²) in [5.74, 6) is -0.323. The van der Waals surface area contributed by atoms with Gasteiger partial charge in [-0.05, 0) is 38.5 Å². The van der Waals surface area contributed by atoms with Gasteiger partial charge in [-0.2, -0.15) is 0 Å². The Hall–Kier alpha value is -3.18. The molecule has 6 bridgehead atoms. The van der Waals surface area contributed by atoms with Crippen molar-refractivity contribution in [1.29, 1.82) is 0 Å². The van der Waals surface area contributed by atoms with Crippen LogP contribution in [0.3, 0.4) is 0 Å². The summed E-state index contributed by atoms with van der Waals surface area (Å²) in [5, 5.41) is 9.03. The fourth-order valence-corrected chi connectivity index (χ4v) is 5.11. The van der Waals surface area contributed by atoms with Crippen molar-refractivity contribution in [3.05, 3.63) is 0 Å². The first-order chi connectivity index (χ1) is 18.3. The van der Waals surface area contributed by atoms with Crippen LogP contribution in [-0.4, -0.2) is 90.0 Å². The highest BCUT2D eigenvalue weighted by molar-refractivity contribution is 5.99. The van der Waals surface area contributed by atoms with Crippen molar-refractivity contribution in [3.63, 3.8) is 0 Å². The van der Waals surface area contributed by atoms with Gasteiger partial charge in [0.05, 0.1) is 0 Å². The number of amides is 3. The van der Waals surface area contributed by atoms with E-state index in [0.29, 0.717) is 17.7 Å². The van der Waals surface area contributed by atoms with Crippen LogP contribution in [0, 0.1) is 17.8 Å². The van der Waals surface area contributed by atoms with E-state index in [1.54, 1.807) is 20.8 Å². The standard InChI is InChI=1S/C27H42N6O6/c1-10(2)16-25-31-20(13(7)37-25)23(35)29-18(12(5)6)27-33-21(15(9)39-27)24(36)30-17(11(3)4)26-32-19(14(8)38-26)22(34)28-16/h10-21H,1-9H3,(H,28,34)(H,29,35)(H,30,36)/t13?,14?,15?,16-,17-,18-,19?,20?,21?/m0/s1. The summed E-state index contributed by atoms with van der Waals surface area (Å²) < 4.78 is 18.0. The van der Waals surface area contributed by atoms with Crippen LogP contribution < -0.4 is 16.0 Å². The predicted molar refractivity (Wildman–Crippen MR) is 146 cm³/mol. The molecule has 4 aliphatic rings. The van der Waals surface area contributed by atoms with E-state index in [-0.39, 0.29) is 35.5 Å². The molecule has 12 nitrogen and oxygen atoms in total. The lowest BCUT2D eigenvalue weighted by Gasteiger charge is -2.24. The van der Waals surface area contributed by atoms with E-state index in [1.807, 2.05) is 41.5 Å².